The highest BCUT2D eigenvalue weighted by atomic mass is 16.5. The van der Waals surface area contributed by atoms with Crippen molar-refractivity contribution < 1.29 is 14.1 Å². The van der Waals surface area contributed by atoms with Gasteiger partial charge in [0, 0.05) is 49.1 Å². The zero-order chi connectivity index (χ0) is 22.6. The van der Waals surface area contributed by atoms with Crippen molar-refractivity contribution in [3.8, 4) is 11.3 Å². The number of carbonyl (C=O) groups is 1. The van der Waals surface area contributed by atoms with E-state index in [-0.39, 0.29) is 5.97 Å². The molecule has 3 heterocycles. The van der Waals surface area contributed by atoms with Crippen molar-refractivity contribution in [1.29, 1.82) is 0 Å². The van der Waals surface area contributed by atoms with Crippen molar-refractivity contribution in [3.63, 3.8) is 0 Å². The highest BCUT2D eigenvalue weighted by Crippen LogP contribution is 2.37. The number of aryl methyl sites for hydroxylation is 1. The number of piperidine rings is 1. The molecular formula is C25H30N4O3. The lowest BCUT2D eigenvalue weighted by atomic mass is 9.76. The summed E-state index contributed by atoms with van der Waals surface area (Å²) in [6, 6.07) is 11.8. The second kappa shape index (κ2) is 9.53. The first-order valence-electron chi connectivity index (χ1n) is 11.1. The van der Waals surface area contributed by atoms with Gasteiger partial charge in [-0.25, -0.2) is 4.68 Å². The summed E-state index contributed by atoms with van der Waals surface area (Å²) in [5.41, 5.74) is 3.22. The number of likely N-dealkylation sites (tertiary alicyclic amines) is 1. The highest BCUT2D eigenvalue weighted by molar-refractivity contribution is 5.77. The maximum atomic E-state index is 13.2. The molecule has 1 aromatic carbocycles. The second-order valence-corrected chi connectivity index (χ2v) is 8.44. The van der Waals surface area contributed by atoms with Gasteiger partial charge in [0.05, 0.1) is 17.7 Å². The van der Waals surface area contributed by atoms with Gasteiger partial charge in [-0.05, 0) is 33.2 Å². The van der Waals surface area contributed by atoms with Crippen LogP contribution in [0.3, 0.4) is 0 Å². The van der Waals surface area contributed by atoms with E-state index in [0.717, 1.165) is 48.4 Å². The summed E-state index contributed by atoms with van der Waals surface area (Å²) in [4.78, 5) is 15.5. The van der Waals surface area contributed by atoms with Crippen LogP contribution in [-0.4, -0.2) is 45.5 Å². The number of carbonyl (C=O) groups excluding carboxylic acids is 1. The number of ether oxygens (including phenoxy) is 1. The largest absolute Gasteiger partial charge is 0.466 e. The number of esters is 1. The Hall–Kier alpha value is -3.19. The van der Waals surface area contributed by atoms with Crippen molar-refractivity contribution in [1.82, 2.24) is 19.8 Å². The van der Waals surface area contributed by atoms with Gasteiger partial charge >= 0.3 is 5.97 Å². The van der Waals surface area contributed by atoms with Gasteiger partial charge in [0.25, 0.3) is 0 Å². The van der Waals surface area contributed by atoms with E-state index < -0.39 is 5.41 Å². The van der Waals surface area contributed by atoms with Gasteiger partial charge in [0.1, 0.15) is 11.5 Å². The summed E-state index contributed by atoms with van der Waals surface area (Å²) in [5.74, 6) is 0.537. The first kappa shape index (κ1) is 22.0. The van der Waals surface area contributed by atoms with Crippen LogP contribution in [-0.2, 0) is 22.5 Å². The zero-order valence-corrected chi connectivity index (χ0v) is 18.8. The lowest BCUT2D eigenvalue weighted by Gasteiger charge is -2.40. The van der Waals surface area contributed by atoms with Crippen LogP contribution in [0.2, 0.25) is 0 Å². The minimum absolute atomic E-state index is 0.166. The standard InChI is InChI=1S/C25H30N4O3/c1-4-29-17-21(19(3)26-29)16-28-13-9-12-25(18-28,24(30)31-5-2)15-22-14-23(27-32-22)20-10-7-6-8-11-20/h4,6-8,10-11,14,17H,1,5,9,12-13,15-16,18H2,2-3H3. The van der Waals surface area contributed by atoms with E-state index in [1.54, 1.807) is 10.9 Å². The zero-order valence-electron chi connectivity index (χ0n) is 18.8. The Morgan fingerprint density at radius 3 is 2.88 bits per heavy atom. The molecule has 0 radical (unpaired) electrons. The molecule has 1 atom stereocenters. The number of hydrogen-bond donors (Lipinski definition) is 0. The van der Waals surface area contributed by atoms with Crippen LogP contribution < -0.4 is 0 Å². The number of benzene rings is 1. The molecule has 4 rings (SSSR count). The van der Waals surface area contributed by atoms with Gasteiger partial charge in [-0.2, -0.15) is 5.10 Å². The number of rotatable bonds is 8. The molecular weight excluding hydrogens is 404 g/mol. The molecule has 1 saturated heterocycles. The summed E-state index contributed by atoms with van der Waals surface area (Å²) in [6.07, 6.45) is 5.81. The molecule has 0 N–H and O–H groups in total. The molecule has 0 aliphatic carbocycles. The van der Waals surface area contributed by atoms with Gasteiger partial charge < -0.3 is 9.26 Å². The molecule has 1 aliphatic rings. The Morgan fingerprint density at radius 1 is 1.34 bits per heavy atom. The topological polar surface area (TPSA) is 73.4 Å². The van der Waals surface area contributed by atoms with Crippen LogP contribution >= 0.6 is 0 Å². The quantitative estimate of drug-likeness (QED) is 0.491. The summed E-state index contributed by atoms with van der Waals surface area (Å²) in [6.45, 7) is 10.2. The Bertz CT molecular complexity index is 1070. The van der Waals surface area contributed by atoms with Crippen molar-refractivity contribution >= 4 is 12.2 Å². The monoisotopic (exact) mass is 434 g/mol. The maximum Gasteiger partial charge on any atom is 0.313 e. The average molecular weight is 435 g/mol. The third-order valence-electron chi connectivity index (χ3n) is 6.10. The van der Waals surface area contributed by atoms with Gasteiger partial charge in [0.2, 0.25) is 0 Å². The van der Waals surface area contributed by atoms with Crippen LogP contribution in [0.1, 0.15) is 36.8 Å². The molecule has 0 spiro atoms. The minimum Gasteiger partial charge on any atom is -0.466 e. The van der Waals surface area contributed by atoms with Crippen molar-refractivity contribution in [2.24, 2.45) is 5.41 Å². The molecule has 2 aromatic heterocycles. The van der Waals surface area contributed by atoms with E-state index in [2.05, 4.69) is 21.7 Å². The number of hydrogen-bond acceptors (Lipinski definition) is 6. The van der Waals surface area contributed by atoms with Crippen molar-refractivity contribution in [2.75, 3.05) is 19.7 Å². The van der Waals surface area contributed by atoms with Crippen LogP contribution in [0.15, 0.2) is 53.7 Å². The molecule has 168 valence electrons. The van der Waals surface area contributed by atoms with E-state index in [9.17, 15) is 4.79 Å². The van der Waals surface area contributed by atoms with Crippen molar-refractivity contribution in [2.45, 2.75) is 39.7 Å². The van der Waals surface area contributed by atoms with Crippen LogP contribution in [0.4, 0.5) is 0 Å². The van der Waals surface area contributed by atoms with Crippen LogP contribution in [0.25, 0.3) is 17.5 Å². The molecule has 0 saturated carbocycles. The molecule has 7 heteroatoms. The summed E-state index contributed by atoms with van der Waals surface area (Å²) in [7, 11) is 0. The van der Waals surface area contributed by atoms with E-state index in [0.29, 0.717) is 25.3 Å². The number of nitrogens with zero attached hydrogens (tertiary/aromatic N) is 4. The molecule has 0 amide bonds. The Morgan fingerprint density at radius 2 is 2.16 bits per heavy atom. The second-order valence-electron chi connectivity index (χ2n) is 8.44. The van der Waals surface area contributed by atoms with Crippen molar-refractivity contribution in [3.05, 3.63) is 66.2 Å². The van der Waals surface area contributed by atoms with Gasteiger partial charge in [0.15, 0.2) is 0 Å². The van der Waals surface area contributed by atoms with E-state index in [1.165, 1.54) is 0 Å². The van der Waals surface area contributed by atoms with Crippen LogP contribution in [0, 0.1) is 12.3 Å². The number of aromatic nitrogens is 3. The lowest BCUT2D eigenvalue weighted by Crippen LogP contribution is -2.49. The third kappa shape index (κ3) is 4.67. The fraction of sp³-hybridized carbons (Fsp3) is 0.400. The maximum absolute atomic E-state index is 13.2. The molecule has 7 nitrogen and oxygen atoms in total. The molecule has 1 aliphatic heterocycles. The summed E-state index contributed by atoms with van der Waals surface area (Å²) < 4.78 is 12.9. The fourth-order valence-corrected chi connectivity index (χ4v) is 4.51. The third-order valence-corrected chi connectivity index (χ3v) is 6.10. The summed E-state index contributed by atoms with van der Waals surface area (Å²) >= 11 is 0. The van der Waals surface area contributed by atoms with E-state index in [4.69, 9.17) is 9.26 Å². The highest BCUT2D eigenvalue weighted by Gasteiger charge is 2.44. The Balaban J connectivity index is 1.56. The minimum atomic E-state index is -0.663. The van der Waals surface area contributed by atoms with Gasteiger partial charge in [-0.3, -0.25) is 9.69 Å². The molecule has 1 unspecified atom stereocenters. The van der Waals surface area contributed by atoms with E-state index in [1.807, 2.05) is 56.4 Å². The smallest absolute Gasteiger partial charge is 0.313 e. The normalized spacial score (nSPS) is 19.1. The average Bonchev–Trinajstić information content (AvgIpc) is 3.41. The Kier molecular flexibility index (Phi) is 6.55. The molecule has 3 aromatic rings. The first-order chi connectivity index (χ1) is 15.5. The molecule has 0 bridgehead atoms. The Labute approximate surface area is 188 Å². The van der Waals surface area contributed by atoms with Gasteiger partial charge in [-0.1, -0.05) is 42.1 Å². The summed E-state index contributed by atoms with van der Waals surface area (Å²) in [5, 5.41) is 8.69. The first-order valence-corrected chi connectivity index (χ1v) is 11.1. The van der Waals surface area contributed by atoms with E-state index >= 15 is 0 Å². The predicted octanol–water partition coefficient (Wildman–Crippen LogP) is 4.34. The van der Waals surface area contributed by atoms with Crippen LogP contribution in [0.5, 0.6) is 0 Å². The fourth-order valence-electron chi connectivity index (χ4n) is 4.51. The van der Waals surface area contributed by atoms with Gasteiger partial charge in [-0.15, -0.1) is 0 Å². The SMILES string of the molecule is C=Cn1cc(CN2CCCC(Cc3cc(-c4ccccc4)no3)(C(=O)OCC)C2)c(C)n1. The molecule has 32 heavy (non-hydrogen) atoms. The predicted molar refractivity (Wildman–Crippen MR) is 123 cm³/mol. The lowest BCUT2D eigenvalue weighted by molar-refractivity contribution is -0.159. The molecule has 1 fully saturated rings.